The van der Waals surface area contributed by atoms with Crippen LogP contribution in [0.2, 0.25) is 0 Å². The fourth-order valence-corrected chi connectivity index (χ4v) is 2.44. The summed E-state index contributed by atoms with van der Waals surface area (Å²) in [6, 6.07) is 11.5. The van der Waals surface area contributed by atoms with Gasteiger partial charge >= 0.3 is 0 Å². The number of benzene rings is 1. The maximum Gasteiger partial charge on any atom is 0.255 e. The molecule has 0 bridgehead atoms. The van der Waals surface area contributed by atoms with E-state index in [2.05, 4.69) is 20.4 Å². The molecule has 7 nitrogen and oxygen atoms in total. The number of anilines is 1. The van der Waals surface area contributed by atoms with Gasteiger partial charge in [-0.3, -0.25) is 4.79 Å². The molecule has 3 aromatic rings. The van der Waals surface area contributed by atoms with E-state index in [0.717, 1.165) is 17.2 Å². The molecular formula is C18H20N6O. The monoisotopic (exact) mass is 336 g/mol. The maximum absolute atomic E-state index is 12.5. The first kappa shape index (κ1) is 16.6. The summed E-state index contributed by atoms with van der Waals surface area (Å²) in [5.41, 5.74) is 2.24. The van der Waals surface area contributed by atoms with E-state index in [9.17, 15) is 4.79 Å². The Morgan fingerprint density at radius 3 is 2.68 bits per heavy atom. The molecule has 2 heterocycles. The molecule has 0 atom stereocenters. The lowest BCUT2D eigenvalue weighted by Crippen LogP contribution is -2.25. The van der Waals surface area contributed by atoms with Gasteiger partial charge in [0.15, 0.2) is 0 Å². The van der Waals surface area contributed by atoms with E-state index in [0.29, 0.717) is 11.4 Å². The van der Waals surface area contributed by atoms with E-state index in [1.54, 1.807) is 17.1 Å². The van der Waals surface area contributed by atoms with Gasteiger partial charge < -0.3 is 10.2 Å². The molecule has 0 unspecified atom stereocenters. The Morgan fingerprint density at radius 1 is 1.20 bits per heavy atom. The molecule has 0 aliphatic rings. The van der Waals surface area contributed by atoms with Crippen molar-refractivity contribution in [3.05, 3.63) is 65.9 Å². The maximum atomic E-state index is 12.5. The molecule has 7 heteroatoms. The smallest absolute Gasteiger partial charge is 0.255 e. The summed E-state index contributed by atoms with van der Waals surface area (Å²) in [6.45, 7) is 2.13. The standard InChI is InChI=1S/C18H20N6O/c1-13-15(11-21-24(13)14-7-5-4-6-8-14)18(25)20-12-16-19-10-9-17(22-16)23(2)3/h4-11H,12H2,1-3H3,(H,20,25). The Kier molecular flexibility index (Phi) is 4.74. The van der Waals surface area contributed by atoms with Crippen LogP contribution in [0.3, 0.4) is 0 Å². The third kappa shape index (κ3) is 3.65. The van der Waals surface area contributed by atoms with Crippen molar-refractivity contribution in [1.29, 1.82) is 0 Å². The van der Waals surface area contributed by atoms with Gasteiger partial charge in [0.1, 0.15) is 11.6 Å². The molecule has 3 rings (SSSR count). The van der Waals surface area contributed by atoms with E-state index in [-0.39, 0.29) is 12.5 Å². The van der Waals surface area contributed by atoms with Crippen LogP contribution in [0.1, 0.15) is 21.9 Å². The lowest BCUT2D eigenvalue weighted by molar-refractivity contribution is 0.0949. The van der Waals surface area contributed by atoms with Gasteiger partial charge in [-0.1, -0.05) is 18.2 Å². The number of amides is 1. The molecule has 25 heavy (non-hydrogen) atoms. The molecule has 2 aromatic heterocycles. The van der Waals surface area contributed by atoms with Crippen molar-refractivity contribution in [2.45, 2.75) is 13.5 Å². The summed E-state index contributed by atoms with van der Waals surface area (Å²) in [7, 11) is 3.82. The fraction of sp³-hybridized carbons (Fsp3) is 0.222. The second kappa shape index (κ2) is 7.12. The summed E-state index contributed by atoms with van der Waals surface area (Å²) >= 11 is 0. The Hall–Kier alpha value is -3.22. The predicted molar refractivity (Wildman–Crippen MR) is 95.8 cm³/mol. The van der Waals surface area contributed by atoms with Crippen LogP contribution >= 0.6 is 0 Å². The van der Waals surface area contributed by atoms with Crippen LogP contribution in [0, 0.1) is 6.92 Å². The summed E-state index contributed by atoms with van der Waals surface area (Å²) < 4.78 is 1.75. The van der Waals surface area contributed by atoms with E-state index < -0.39 is 0 Å². The lowest BCUT2D eigenvalue weighted by Gasteiger charge is -2.11. The van der Waals surface area contributed by atoms with Gasteiger partial charge in [-0.2, -0.15) is 5.10 Å². The topological polar surface area (TPSA) is 75.9 Å². The molecule has 0 aliphatic carbocycles. The Morgan fingerprint density at radius 2 is 1.96 bits per heavy atom. The molecular weight excluding hydrogens is 316 g/mol. The lowest BCUT2D eigenvalue weighted by atomic mass is 10.2. The van der Waals surface area contributed by atoms with Gasteiger partial charge in [-0.15, -0.1) is 0 Å². The second-order valence-corrected chi connectivity index (χ2v) is 5.80. The Labute approximate surface area is 146 Å². The third-order valence-electron chi connectivity index (χ3n) is 3.81. The van der Waals surface area contributed by atoms with Crippen LogP contribution in [-0.4, -0.2) is 39.8 Å². The van der Waals surface area contributed by atoms with Crippen molar-refractivity contribution >= 4 is 11.7 Å². The molecule has 0 spiro atoms. The van der Waals surface area contributed by atoms with Crippen LogP contribution in [0.25, 0.3) is 5.69 Å². The average Bonchev–Trinajstić information content (AvgIpc) is 3.02. The van der Waals surface area contributed by atoms with Crippen LogP contribution in [0.5, 0.6) is 0 Å². The fourth-order valence-electron chi connectivity index (χ4n) is 2.44. The molecule has 0 radical (unpaired) electrons. The summed E-state index contributed by atoms with van der Waals surface area (Å²) in [5.74, 6) is 1.17. The Balaban J connectivity index is 1.72. The van der Waals surface area contributed by atoms with E-state index in [4.69, 9.17) is 0 Å². The first-order valence-electron chi connectivity index (χ1n) is 7.94. The van der Waals surface area contributed by atoms with Gasteiger partial charge in [0.05, 0.1) is 29.7 Å². The number of hydrogen-bond acceptors (Lipinski definition) is 5. The number of carbonyl (C=O) groups is 1. The zero-order valence-electron chi connectivity index (χ0n) is 14.5. The molecule has 0 saturated carbocycles. The molecule has 1 aromatic carbocycles. The van der Waals surface area contributed by atoms with Crippen molar-refractivity contribution in [2.75, 3.05) is 19.0 Å². The van der Waals surface area contributed by atoms with Crippen LogP contribution in [0.4, 0.5) is 5.82 Å². The highest BCUT2D eigenvalue weighted by Crippen LogP contribution is 2.14. The Bertz CT molecular complexity index is 872. The highest BCUT2D eigenvalue weighted by Gasteiger charge is 2.15. The minimum Gasteiger partial charge on any atom is -0.363 e. The quantitative estimate of drug-likeness (QED) is 0.771. The van der Waals surface area contributed by atoms with Crippen molar-refractivity contribution in [1.82, 2.24) is 25.1 Å². The third-order valence-corrected chi connectivity index (χ3v) is 3.81. The number of nitrogens with one attached hydrogen (secondary N) is 1. The van der Waals surface area contributed by atoms with Crippen molar-refractivity contribution in [3.8, 4) is 5.69 Å². The van der Waals surface area contributed by atoms with E-state index in [1.165, 1.54) is 0 Å². The molecule has 0 fully saturated rings. The summed E-state index contributed by atoms with van der Waals surface area (Å²) in [5, 5.41) is 7.17. The SMILES string of the molecule is Cc1c(C(=O)NCc2nccc(N(C)C)n2)cnn1-c1ccccc1. The highest BCUT2D eigenvalue weighted by atomic mass is 16.1. The van der Waals surface area contributed by atoms with Crippen molar-refractivity contribution < 1.29 is 4.79 Å². The van der Waals surface area contributed by atoms with Gasteiger partial charge in [-0.05, 0) is 25.1 Å². The van der Waals surface area contributed by atoms with E-state index in [1.807, 2.05) is 62.3 Å². The van der Waals surface area contributed by atoms with E-state index >= 15 is 0 Å². The van der Waals surface area contributed by atoms with Crippen molar-refractivity contribution in [2.24, 2.45) is 0 Å². The normalized spacial score (nSPS) is 10.5. The molecule has 128 valence electrons. The van der Waals surface area contributed by atoms with Crippen LogP contribution in [0.15, 0.2) is 48.8 Å². The zero-order chi connectivity index (χ0) is 17.8. The zero-order valence-corrected chi connectivity index (χ0v) is 14.5. The largest absolute Gasteiger partial charge is 0.363 e. The summed E-state index contributed by atoms with van der Waals surface area (Å²) in [6.07, 6.45) is 3.26. The predicted octanol–water partition coefficient (Wildman–Crippen LogP) is 1.97. The number of para-hydroxylation sites is 1. The number of aromatic nitrogens is 4. The molecule has 1 N–H and O–H groups in total. The van der Waals surface area contributed by atoms with Gasteiger partial charge in [-0.25, -0.2) is 14.6 Å². The molecule has 0 saturated heterocycles. The molecule has 0 aliphatic heterocycles. The summed E-state index contributed by atoms with van der Waals surface area (Å²) in [4.78, 5) is 22.9. The number of carbonyl (C=O) groups excluding carboxylic acids is 1. The minimum absolute atomic E-state index is 0.196. The number of rotatable bonds is 5. The van der Waals surface area contributed by atoms with Gasteiger partial charge in [0.25, 0.3) is 5.91 Å². The van der Waals surface area contributed by atoms with Crippen LogP contribution in [-0.2, 0) is 6.54 Å². The van der Waals surface area contributed by atoms with Gasteiger partial charge in [0.2, 0.25) is 0 Å². The first-order chi connectivity index (χ1) is 12.1. The average molecular weight is 336 g/mol. The van der Waals surface area contributed by atoms with Crippen molar-refractivity contribution in [3.63, 3.8) is 0 Å². The van der Waals surface area contributed by atoms with Crippen LogP contribution < -0.4 is 10.2 Å². The number of hydrogen-bond donors (Lipinski definition) is 1. The minimum atomic E-state index is -0.196. The first-order valence-corrected chi connectivity index (χ1v) is 7.94. The molecule has 1 amide bonds. The second-order valence-electron chi connectivity index (χ2n) is 5.80. The highest BCUT2D eigenvalue weighted by molar-refractivity contribution is 5.95. The number of nitrogens with zero attached hydrogens (tertiary/aromatic N) is 5. The van der Waals surface area contributed by atoms with Gasteiger partial charge in [0, 0.05) is 20.3 Å².